The molecule has 7 heteroatoms. The van der Waals surface area contributed by atoms with Gasteiger partial charge >= 0.3 is 0 Å². The molecule has 33 heavy (non-hydrogen) atoms. The Morgan fingerprint density at radius 2 is 1.73 bits per heavy atom. The topological polar surface area (TPSA) is 104 Å². The fraction of sp³-hybridized carbons (Fsp3) is 0.962. The predicted molar refractivity (Wildman–Crippen MR) is 129 cm³/mol. The Labute approximate surface area is 200 Å². The van der Waals surface area contributed by atoms with Gasteiger partial charge in [0, 0.05) is 13.0 Å². The molecule has 9 atom stereocenters. The van der Waals surface area contributed by atoms with Crippen LogP contribution in [0.2, 0.25) is 0 Å². The lowest BCUT2D eigenvalue weighted by molar-refractivity contribution is -0.129. The van der Waals surface area contributed by atoms with Crippen LogP contribution in [-0.2, 0) is 14.9 Å². The molecule has 190 valence electrons. The summed E-state index contributed by atoms with van der Waals surface area (Å²) in [4.78, 5) is 12.2. The average molecular weight is 484 g/mol. The molecule has 4 rings (SSSR count). The number of nitrogens with one attached hydrogen (secondary N) is 1. The zero-order valence-corrected chi connectivity index (χ0v) is 21.6. The first-order valence-corrected chi connectivity index (χ1v) is 14.9. The molecule has 4 aliphatic rings. The van der Waals surface area contributed by atoms with E-state index in [0.717, 1.165) is 37.0 Å². The highest BCUT2D eigenvalue weighted by Gasteiger charge is 2.60. The molecule has 1 amide bonds. The van der Waals surface area contributed by atoms with Crippen LogP contribution in [-0.4, -0.2) is 42.4 Å². The van der Waals surface area contributed by atoms with E-state index in [2.05, 4.69) is 26.1 Å². The molecule has 4 fully saturated rings. The van der Waals surface area contributed by atoms with Crippen molar-refractivity contribution in [2.45, 2.75) is 97.5 Å². The van der Waals surface area contributed by atoms with Crippen molar-refractivity contribution in [3.8, 4) is 0 Å². The van der Waals surface area contributed by atoms with Crippen LogP contribution in [0.5, 0.6) is 0 Å². The Hall–Kier alpha value is -0.660. The quantitative estimate of drug-likeness (QED) is 0.465. The lowest BCUT2D eigenvalue weighted by atomic mass is 9.44. The Bertz CT molecular complexity index is 831. The SMILES string of the molecule is CC(CCC(=O)NCCS(=O)(=O)O)[C@H]1CC[C@H]2[C@@H]3CCC4C[C@H](O)CC[C@]4(C)[C@H]3CC[C@]12C. The van der Waals surface area contributed by atoms with E-state index in [4.69, 9.17) is 4.55 Å². The summed E-state index contributed by atoms with van der Waals surface area (Å²) >= 11 is 0. The molecule has 0 spiro atoms. The highest BCUT2D eigenvalue weighted by atomic mass is 32.2. The Morgan fingerprint density at radius 3 is 2.45 bits per heavy atom. The number of carbonyl (C=O) groups is 1. The van der Waals surface area contributed by atoms with Crippen LogP contribution in [0, 0.1) is 46.3 Å². The molecule has 4 aliphatic carbocycles. The minimum absolute atomic E-state index is 0.0326. The Morgan fingerprint density at radius 1 is 1.03 bits per heavy atom. The van der Waals surface area contributed by atoms with Gasteiger partial charge in [-0.3, -0.25) is 9.35 Å². The number of amides is 1. The molecule has 2 unspecified atom stereocenters. The van der Waals surface area contributed by atoms with Crippen molar-refractivity contribution in [2.75, 3.05) is 12.3 Å². The summed E-state index contributed by atoms with van der Waals surface area (Å²) in [5, 5.41) is 12.9. The largest absolute Gasteiger partial charge is 0.393 e. The van der Waals surface area contributed by atoms with Gasteiger partial charge in [-0.2, -0.15) is 8.42 Å². The maximum absolute atomic E-state index is 12.2. The van der Waals surface area contributed by atoms with Gasteiger partial charge in [-0.25, -0.2) is 0 Å². The molecule has 0 aliphatic heterocycles. The smallest absolute Gasteiger partial charge is 0.266 e. The van der Waals surface area contributed by atoms with Crippen molar-refractivity contribution in [2.24, 2.45) is 46.3 Å². The van der Waals surface area contributed by atoms with Gasteiger partial charge in [0.25, 0.3) is 10.1 Å². The minimum atomic E-state index is -4.04. The zero-order valence-electron chi connectivity index (χ0n) is 20.8. The minimum Gasteiger partial charge on any atom is -0.393 e. The molecular weight excluding hydrogens is 438 g/mol. The van der Waals surface area contributed by atoms with Crippen molar-refractivity contribution in [3.63, 3.8) is 0 Å². The molecule has 3 N–H and O–H groups in total. The summed E-state index contributed by atoms with van der Waals surface area (Å²) in [6, 6.07) is 0. The number of fused-ring (bicyclic) bond motifs is 5. The monoisotopic (exact) mass is 483 g/mol. The standard InChI is InChI=1S/C26H45NO5S/c1-17(4-9-24(29)27-14-15-33(30,31)32)21-7-8-22-20-6-5-18-16-19(28)10-12-25(18,2)23(20)11-13-26(21,22)3/h17-23,28H,4-16H2,1-3H3,(H,27,29)(H,30,31,32)/t17?,18?,19-,20+,21-,22+,23+,25+,26-/m1/s1. The number of aliphatic hydroxyl groups is 1. The molecule has 0 bridgehead atoms. The first kappa shape index (κ1) is 25.4. The summed E-state index contributed by atoms with van der Waals surface area (Å²) < 4.78 is 30.5. The van der Waals surface area contributed by atoms with Gasteiger partial charge in [0.05, 0.1) is 11.9 Å². The first-order valence-electron chi connectivity index (χ1n) is 13.3. The third kappa shape index (κ3) is 5.02. The summed E-state index contributed by atoms with van der Waals surface area (Å²) in [5.41, 5.74) is 0.771. The van der Waals surface area contributed by atoms with E-state index in [1.54, 1.807) is 0 Å². The van der Waals surface area contributed by atoms with E-state index in [1.165, 1.54) is 44.9 Å². The van der Waals surface area contributed by atoms with Crippen molar-refractivity contribution < 1.29 is 22.9 Å². The number of rotatable bonds is 7. The van der Waals surface area contributed by atoms with Gasteiger partial charge in [0.2, 0.25) is 5.91 Å². The van der Waals surface area contributed by atoms with Crippen molar-refractivity contribution in [3.05, 3.63) is 0 Å². The van der Waals surface area contributed by atoms with E-state index < -0.39 is 15.9 Å². The number of aliphatic hydroxyl groups excluding tert-OH is 1. The number of carbonyl (C=O) groups excluding carboxylic acids is 1. The molecule has 0 aromatic carbocycles. The second-order valence-corrected chi connectivity index (χ2v) is 14.0. The molecule has 0 aromatic rings. The van der Waals surface area contributed by atoms with Gasteiger partial charge in [0.15, 0.2) is 0 Å². The third-order valence-electron chi connectivity index (χ3n) is 10.9. The highest BCUT2D eigenvalue weighted by Crippen LogP contribution is 2.68. The van der Waals surface area contributed by atoms with Gasteiger partial charge in [-0.05, 0) is 111 Å². The maximum Gasteiger partial charge on any atom is 0.266 e. The van der Waals surface area contributed by atoms with Gasteiger partial charge in [-0.1, -0.05) is 20.8 Å². The molecule has 0 saturated heterocycles. The van der Waals surface area contributed by atoms with Crippen LogP contribution < -0.4 is 5.32 Å². The van der Waals surface area contributed by atoms with E-state index in [-0.39, 0.29) is 18.6 Å². The highest BCUT2D eigenvalue weighted by molar-refractivity contribution is 7.85. The van der Waals surface area contributed by atoms with Gasteiger partial charge < -0.3 is 10.4 Å². The van der Waals surface area contributed by atoms with Crippen molar-refractivity contribution in [1.29, 1.82) is 0 Å². The maximum atomic E-state index is 12.2. The number of hydrogen-bond acceptors (Lipinski definition) is 4. The van der Waals surface area contributed by atoms with Crippen molar-refractivity contribution in [1.82, 2.24) is 5.32 Å². The second kappa shape index (κ2) is 9.42. The Kier molecular flexibility index (Phi) is 7.26. The van der Waals surface area contributed by atoms with Crippen molar-refractivity contribution >= 4 is 16.0 Å². The molecule has 0 heterocycles. The third-order valence-corrected chi connectivity index (χ3v) is 11.6. The molecule has 6 nitrogen and oxygen atoms in total. The van der Waals surface area contributed by atoms with E-state index in [9.17, 15) is 18.3 Å². The predicted octanol–water partition coefficient (Wildman–Crippen LogP) is 4.43. The van der Waals surface area contributed by atoms with Crippen LogP contribution >= 0.6 is 0 Å². The second-order valence-electron chi connectivity index (χ2n) is 12.5. The van der Waals surface area contributed by atoms with E-state index in [1.807, 2.05) is 0 Å². The van der Waals surface area contributed by atoms with Crippen LogP contribution in [0.4, 0.5) is 0 Å². The summed E-state index contributed by atoms with van der Waals surface area (Å²) in [6.45, 7) is 7.34. The summed E-state index contributed by atoms with van der Waals surface area (Å²) in [7, 11) is -4.04. The van der Waals surface area contributed by atoms with E-state index >= 15 is 0 Å². The molecule has 0 aromatic heterocycles. The average Bonchev–Trinajstić information content (AvgIpc) is 3.09. The van der Waals surface area contributed by atoms with E-state index in [0.29, 0.717) is 35.0 Å². The lowest BCUT2D eigenvalue weighted by Gasteiger charge is -2.61. The van der Waals surface area contributed by atoms with Crippen LogP contribution in [0.15, 0.2) is 0 Å². The van der Waals surface area contributed by atoms with Crippen LogP contribution in [0.1, 0.15) is 91.4 Å². The van der Waals surface area contributed by atoms with Gasteiger partial charge in [-0.15, -0.1) is 0 Å². The van der Waals surface area contributed by atoms with Crippen LogP contribution in [0.25, 0.3) is 0 Å². The fourth-order valence-electron chi connectivity index (χ4n) is 9.18. The molecular formula is C26H45NO5S. The summed E-state index contributed by atoms with van der Waals surface area (Å²) in [5.74, 6) is 3.68. The van der Waals surface area contributed by atoms with Gasteiger partial charge in [0.1, 0.15) is 0 Å². The number of hydrogen-bond donors (Lipinski definition) is 3. The Balaban J connectivity index is 1.35. The lowest BCUT2D eigenvalue weighted by Crippen LogP contribution is -2.54. The fourth-order valence-corrected chi connectivity index (χ4v) is 9.54. The molecule has 4 saturated carbocycles. The first-order chi connectivity index (χ1) is 15.4. The molecule has 0 radical (unpaired) electrons. The normalized spacial score (nSPS) is 43.8. The van der Waals surface area contributed by atoms with Crippen LogP contribution in [0.3, 0.4) is 0 Å². The zero-order chi connectivity index (χ0) is 24.0. The summed E-state index contributed by atoms with van der Waals surface area (Å²) in [6.07, 6.45) is 12.1.